The minimum absolute atomic E-state index is 0.0616. The fourth-order valence-electron chi connectivity index (χ4n) is 4.46. The van der Waals surface area contributed by atoms with Gasteiger partial charge >= 0.3 is 0 Å². The van der Waals surface area contributed by atoms with Gasteiger partial charge in [0.1, 0.15) is 11.9 Å². The topological polar surface area (TPSA) is 42.1 Å². The predicted octanol–water partition coefficient (Wildman–Crippen LogP) is 5.50. The Morgan fingerprint density at radius 3 is 2.38 bits per heavy atom. The number of rotatable bonds is 4. The summed E-state index contributed by atoms with van der Waals surface area (Å²) >= 11 is 0. The van der Waals surface area contributed by atoms with Crippen LogP contribution in [0, 0.1) is 5.92 Å². The number of pyridine rings is 1. The Hall–Kier alpha value is -1.25. The largest absolute Gasteiger partial charge is 0.490 e. The van der Waals surface area contributed by atoms with Gasteiger partial charge in [0, 0.05) is 11.8 Å². The summed E-state index contributed by atoms with van der Waals surface area (Å²) in [6.45, 7) is 6.46. The molecular weight excluding hydrogens is 298 g/mol. The molecule has 0 radical (unpaired) electrons. The van der Waals surface area contributed by atoms with Gasteiger partial charge in [0.2, 0.25) is 0 Å². The number of aromatic nitrogens is 1. The van der Waals surface area contributed by atoms with Gasteiger partial charge in [-0.3, -0.25) is 4.79 Å². The molecule has 1 heterocycles. The van der Waals surface area contributed by atoms with E-state index in [1.54, 1.807) is 0 Å². The summed E-state index contributed by atoms with van der Waals surface area (Å²) in [7, 11) is 0. The van der Waals surface area contributed by atoms with Crippen molar-refractivity contribution in [2.75, 3.05) is 0 Å². The first-order chi connectivity index (χ1) is 11.6. The minimum atomic E-state index is 0.0616. The van der Waals surface area contributed by atoms with Crippen LogP contribution >= 0.6 is 0 Å². The van der Waals surface area contributed by atoms with Crippen molar-refractivity contribution in [3.05, 3.63) is 27.7 Å². The lowest BCUT2D eigenvalue weighted by atomic mass is 9.86. The predicted molar refractivity (Wildman–Crippen MR) is 99.0 cm³/mol. The summed E-state index contributed by atoms with van der Waals surface area (Å²) in [5.41, 5.74) is 1.99. The van der Waals surface area contributed by atoms with E-state index < -0.39 is 0 Å². The van der Waals surface area contributed by atoms with Gasteiger partial charge in [0.15, 0.2) is 0 Å². The summed E-state index contributed by atoms with van der Waals surface area (Å²) in [6.07, 6.45) is 11.4. The zero-order valence-corrected chi connectivity index (χ0v) is 15.6. The van der Waals surface area contributed by atoms with Crippen LogP contribution in [0.5, 0.6) is 5.75 Å². The molecule has 134 valence electrons. The zero-order chi connectivity index (χ0) is 17.1. The third kappa shape index (κ3) is 3.87. The summed E-state index contributed by atoms with van der Waals surface area (Å²) in [5.74, 6) is 2.12. The summed E-state index contributed by atoms with van der Waals surface area (Å²) in [6, 6.07) is 2.16. The first kappa shape index (κ1) is 17.6. The van der Waals surface area contributed by atoms with Crippen molar-refractivity contribution in [3.63, 3.8) is 0 Å². The highest BCUT2D eigenvalue weighted by Crippen LogP contribution is 2.36. The monoisotopic (exact) mass is 331 g/mol. The Morgan fingerprint density at radius 2 is 1.71 bits per heavy atom. The number of hydrogen-bond donors (Lipinski definition) is 1. The van der Waals surface area contributed by atoms with Crippen LogP contribution in [-0.4, -0.2) is 11.1 Å². The number of ether oxygens (including phenoxy) is 1. The molecule has 2 aliphatic carbocycles. The van der Waals surface area contributed by atoms with Crippen molar-refractivity contribution >= 4 is 0 Å². The van der Waals surface area contributed by atoms with Gasteiger partial charge < -0.3 is 9.72 Å². The fourth-order valence-corrected chi connectivity index (χ4v) is 4.46. The van der Waals surface area contributed by atoms with Crippen LogP contribution in [0.4, 0.5) is 0 Å². The zero-order valence-electron chi connectivity index (χ0n) is 15.6. The number of nitrogens with one attached hydrogen (secondary N) is 1. The molecule has 0 bridgehead atoms. The molecule has 24 heavy (non-hydrogen) atoms. The third-order valence-electron chi connectivity index (χ3n) is 5.99. The molecule has 2 atom stereocenters. The molecule has 0 amide bonds. The van der Waals surface area contributed by atoms with E-state index in [0.717, 1.165) is 23.4 Å². The van der Waals surface area contributed by atoms with Crippen molar-refractivity contribution < 1.29 is 4.74 Å². The molecule has 0 spiro atoms. The van der Waals surface area contributed by atoms with Crippen LogP contribution in [0.1, 0.15) is 102 Å². The molecule has 0 saturated heterocycles. The maximum atomic E-state index is 12.7. The summed E-state index contributed by atoms with van der Waals surface area (Å²) in [5, 5.41) is 0. The molecule has 2 saturated carbocycles. The van der Waals surface area contributed by atoms with Crippen LogP contribution in [0.25, 0.3) is 0 Å². The molecule has 2 fully saturated rings. The molecule has 1 N–H and O–H groups in total. The summed E-state index contributed by atoms with van der Waals surface area (Å²) in [4.78, 5) is 15.9. The molecule has 2 aliphatic rings. The molecule has 1 aromatic rings. The Labute approximate surface area is 146 Å². The lowest BCUT2D eigenvalue weighted by Crippen LogP contribution is -2.30. The molecular formula is C21H33NO2. The van der Waals surface area contributed by atoms with E-state index in [4.69, 9.17) is 4.74 Å². The van der Waals surface area contributed by atoms with E-state index in [0.29, 0.717) is 11.8 Å². The molecule has 0 aromatic carbocycles. The lowest BCUT2D eigenvalue weighted by molar-refractivity contribution is 0.101. The van der Waals surface area contributed by atoms with Gasteiger partial charge in [-0.15, -0.1) is 0 Å². The normalized spacial score (nSPS) is 25.8. The maximum absolute atomic E-state index is 12.7. The highest BCUT2D eigenvalue weighted by Gasteiger charge is 2.26. The Morgan fingerprint density at radius 1 is 1.04 bits per heavy atom. The molecule has 3 nitrogen and oxygen atoms in total. The lowest BCUT2D eigenvalue weighted by Gasteiger charge is -2.31. The highest BCUT2D eigenvalue weighted by molar-refractivity contribution is 5.37. The van der Waals surface area contributed by atoms with Crippen LogP contribution < -0.4 is 10.3 Å². The van der Waals surface area contributed by atoms with Crippen LogP contribution in [0.3, 0.4) is 0 Å². The second kappa shape index (κ2) is 7.76. The molecule has 3 rings (SSSR count). The second-order valence-corrected chi connectivity index (χ2v) is 8.24. The van der Waals surface area contributed by atoms with Gasteiger partial charge in [-0.1, -0.05) is 46.5 Å². The van der Waals surface area contributed by atoms with Crippen LogP contribution in [-0.2, 0) is 0 Å². The number of H-pyrrole nitrogens is 1. The molecule has 2 unspecified atom stereocenters. The first-order valence-electron chi connectivity index (χ1n) is 10.00. The van der Waals surface area contributed by atoms with E-state index >= 15 is 0 Å². The third-order valence-corrected chi connectivity index (χ3v) is 5.99. The van der Waals surface area contributed by atoms with Gasteiger partial charge in [0.25, 0.3) is 5.56 Å². The number of hydrogen-bond acceptors (Lipinski definition) is 2. The van der Waals surface area contributed by atoms with Crippen molar-refractivity contribution in [3.8, 4) is 5.75 Å². The Balaban J connectivity index is 1.91. The SMILES string of the molecule is CC(C)c1c(OC2CCCCC2C)cc(C2CCCCC2)[nH]c1=O. The molecule has 1 aromatic heterocycles. The van der Waals surface area contributed by atoms with E-state index in [1.165, 1.54) is 51.4 Å². The van der Waals surface area contributed by atoms with E-state index in [-0.39, 0.29) is 17.6 Å². The van der Waals surface area contributed by atoms with Gasteiger partial charge in [0.05, 0.1) is 5.56 Å². The van der Waals surface area contributed by atoms with Crippen LogP contribution in [0.15, 0.2) is 10.9 Å². The van der Waals surface area contributed by atoms with E-state index in [2.05, 4.69) is 31.8 Å². The summed E-state index contributed by atoms with van der Waals surface area (Å²) < 4.78 is 6.45. The quantitative estimate of drug-likeness (QED) is 0.791. The highest BCUT2D eigenvalue weighted by atomic mass is 16.5. The van der Waals surface area contributed by atoms with E-state index in [1.807, 2.05) is 0 Å². The average molecular weight is 332 g/mol. The number of aromatic amines is 1. The first-order valence-corrected chi connectivity index (χ1v) is 10.00. The second-order valence-electron chi connectivity index (χ2n) is 8.24. The van der Waals surface area contributed by atoms with Crippen molar-refractivity contribution in [2.45, 2.75) is 96.5 Å². The van der Waals surface area contributed by atoms with Gasteiger partial charge in [-0.05, 0) is 49.9 Å². The standard InChI is InChI=1S/C21H33NO2/c1-14(2)20-19(24-18-12-8-7-9-15(18)3)13-17(22-21(20)23)16-10-5-4-6-11-16/h13-16,18H,4-12H2,1-3H3,(H,22,23). The minimum Gasteiger partial charge on any atom is -0.490 e. The van der Waals surface area contributed by atoms with Gasteiger partial charge in [-0.2, -0.15) is 0 Å². The van der Waals surface area contributed by atoms with E-state index in [9.17, 15) is 4.79 Å². The Kier molecular flexibility index (Phi) is 5.68. The van der Waals surface area contributed by atoms with Crippen molar-refractivity contribution in [1.29, 1.82) is 0 Å². The maximum Gasteiger partial charge on any atom is 0.255 e. The average Bonchev–Trinajstić information content (AvgIpc) is 2.57. The molecule has 3 heteroatoms. The van der Waals surface area contributed by atoms with Crippen molar-refractivity contribution in [1.82, 2.24) is 4.98 Å². The molecule has 0 aliphatic heterocycles. The Bertz CT molecular complexity index is 598. The fraction of sp³-hybridized carbons (Fsp3) is 0.762. The van der Waals surface area contributed by atoms with Crippen LogP contribution in [0.2, 0.25) is 0 Å². The van der Waals surface area contributed by atoms with Crippen molar-refractivity contribution in [2.24, 2.45) is 5.92 Å². The van der Waals surface area contributed by atoms with Gasteiger partial charge in [-0.25, -0.2) is 0 Å². The smallest absolute Gasteiger partial charge is 0.255 e.